The minimum atomic E-state index is 0.0601. The third-order valence-electron chi connectivity index (χ3n) is 1.40. The van der Waals surface area contributed by atoms with Gasteiger partial charge < -0.3 is 4.74 Å². The van der Waals surface area contributed by atoms with Gasteiger partial charge in [-0.15, -0.1) is 0 Å². The van der Waals surface area contributed by atoms with E-state index in [-0.39, 0.29) is 12.4 Å². The molecule has 0 saturated carbocycles. The highest BCUT2D eigenvalue weighted by Crippen LogP contribution is 2.10. The summed E-state index contributed by atoms with van der Waals surface area (Å²) in [5, 5.41) is 0. The summed E-state index contributed by atoms with van der Waals surface area (Å²) in [5.41, 5.74) is 0. The maximum absolute atomic E-state index is 10.5. The van der Waals surface area contributed by atoms with Crippen molar-refractivity contribution in [3.63, 3.8) is 0 Å². The molecule has 1 rings (SSSR count). The average Bonchev–Trinajstić information content (AvgIpc) is 2.03. The first kappa shape index (κ1) is 8.05. The monoisotopic (exact) mass is 152 g/mol. The molecule has 0 bridgehead atoms. The summed E-state index contributed by atoms with van der Waals surface area (Å²) in [6.07, 6.45) is 8.06. The Morgan fingerprint density at radius 2 is 2.45 bits per heavy atom. The van der Waals surface area contributed by atoms with Crippen LogP contribution < -0.4 is 0 Å². The van der Waals surface area contributed by atoms with Crippen LogP contribution in [0.15, 0.2) is 24.0 Å². The summed E-state index contributed by atoms with van der Waals surface area (Å²) in [4.78, 5) is 10.5. The number of Topliss-reactive ketones (excluding diaryl/α,β-unsaturated/α-hetero) is 1. The van der Waals surface area contributed by atoms with Gasteiger partial charge in [-0.2, -0.15) is 0 Å². The van der Waals surface area contributed by atoms with Gasteiger partial charge in [-0.1, -0.05) is 6.08 Å². The zero-order valence-electron chi connectivity index (χ0n) is 6.67. The van der Waals surface area contributed by atoms with Crippen LogP contribution in [-0.4, -0.2) is 12.4 Å². The fourth-order valence-corrected chi connectivity index (χ4v) is 0.881. The number of ether oxygens (including phenoxy) is 1. The predicted molar refractivity (Wildman–Crippen MR) is 43.1 cm³/mol. The molecule has 0 saturated heterocycles. The molecular weight excluding hydrogens is 140 g/mol. The van der Waals surface area contributed by atoms with Gasteiger partial charge in [0.25, 0.3) is 0 Å². The normalized spacial score (nSPS) is 15.9. The fourth-order valence-electron chi connectivity index (χ4n) is 0.881. The summed E-state index contributed by atoms with van der Waals surface area (Å²) in [6.45, 7) is 1.71. The van der Waals surface area contributed by atoms with Crippen molar-refractivity contribution >= 4 is 5.78 Å². The molecule has 0 unspecified atom stereocenters. The number of allylic oxidation sites excluding steroid dienone is 3. The smallest absolute Gasteiger partial charge is 0.167 e. The molecule has 0 amide bonds. The van der Waals surface area contributed by atoms with Crippen molar-refractivity contribution < 1.29 is 9.53 Å². The Labute approximate surface area is 66.5 Å². The van der Waals surface area contributed by atoms with E-state index in [1.54, 1.807) is 0 Å². The molecule has 0 atom stereocenters. The molecule has 0 spiro atoms. The lowest BCUT2D eigenvalue weighted by Crippen LogP contribution is -2.03. The average molecular weight is 152 g/mol. The Balaban J connectivity index is 2.31. The molecule has 11 heavy (non-hydrogen) atoms. The molecule has 0 aliphatic heterocycles. The van der Waals surface area contributed by atoms with E-state index in [1.165, 1.54) is 6.92 Å². The van der Waals surface area contributed by atoms with Gasteiger partial charge in [0.05, 0.1) is 0 Å². The highest BCUT2D eigenvalue weighted by atomic mass is 16.5. The lowest BCUT2D eigenvalue weighted by atomic mass is 10.2. The van der Waals surface area contributed by atoms with Crippen molar-refractivity contribution in [2.45, 2.75) is 19.8 Å². The summed E-state index contributed by atoms with van der Waals surface area (Å²) in [5.74, 6) is 0.885. The molecule has 0 aromatic rings. The first-order valence-electron chi connectivity index (χ1n) is 3.78. The number of rotatable bonds is 3. The first-order valence-corrected chi connectivity index (χ1v) is 3.78. The number of ketones is 1. The van der Waals surface area contributed by atoms with Gasteiger partial charge in [-0.3, -0.25) is 4.79 Å². The molecule has 2 heteroatoms. The van der Waals surface area contributed by atoms with Crippen molar-refractivity contribution in [1.29, 1.82) is 0 Å². The zero-order chi connectivity index (χ0) is 8.10. The van der Waals surface area contributed by atoms with Gasteiger partial charge in [0.2, 0.25) is 0 Å². The summed E-state index contributed by atoms with van der Waals surface area (Å²) in [6, 6.07) is 0. The summed E-state index contributed by atoms with van der Waals surface area (Å²) < 4.78 is 5.17. The van der Waals surface area contributed by atoms with Crippen LogP contribution in [0.5, 0.6) is 0 Å². The van der Waals surface area contributed by atoms with Crippen molar-refractivity contribution in [3.05, 3.63) is 24.0 Å². The SMILES string of the molecule is CC(=O)COC1=CCCC=C1. The molecule has 0 aromatic carbocycles. The number of hydrogen-bond acceptors (Lipinski definition) is 2. The second-order valence-corrected chi connectivity index (χ2v) is 2.58. The van der Waals surface area contributed by atoms with Gasteiger partial charge >= 0.3 is 0 Å². The molecule has 0 aromatic heterocycles. The maximum Gasteiger partial charge on any atom is 0.167 e. The van der Waals surface area contributed by atoms with E-state index >= 15 is 0 Å². The fraction of sp³-hybridized carbons (Fsp3) is 0.444. The Morgan fingerprint density at radius 1 is 1.64 bits per heavy atom. The van der Waals surface area contributed by atoms with E-state index < -0.39 is 0 Å². The molecule has 0 N–H and O–H groups in total. The topological polar surface area (TPSA) is 26.3 Å². The molecule has 1 aliphatic carbocycles. The van der Waals surface area contributed by atoms with Gasteiger partial charge in [0, 0.05) is 0 Å². The lowest BCUT2D eigenvalue weighted by molar-refractivity contribution is -0.120. The Morgan fingerprint density at radius 3 is 3.00 bits per heavy atom. The number of carbonyl (C=O) groups is 1. The highest BCUT2D eigenvalue weighted by Gasteiger charge is 1.98. The lowest BCUT2D eigenvalue weighted by Gasteiger charge is -2.07. The van der Waals surface area contributed by atoms with Crippen LogP contribution in [0.1, 0.15) is 19.8 Å². The minimum absolute atomic E-state index is 0.0601. The molecule has 1 aliphatic rings. The van der Waals surface area contributed by atoms with E-state index in [0.717, 1.165) is 18.6 Å². The Bertz CT molecular complexity index is 202. The molecule has 60 valence electrons. The van der Waals surface area contributed by atoms with Crippen LogP contribution in [0.25, 0.3) is 0 Å². The van der Waals surface area contributed by atoms with Crippen LogP contribution in [0.4, 0.5) is 0 Å². The van der Waals surface area contributed by atoms with Crippen molar-refractivity contribution in [3.8, 4) is 0 Å². The molecular formula is C9H12O2. The second kappa shape index (κ2) is 3.96. The first-order chi connectivity index (χ1) is 5.29. The minimum Gasteiger partial charge on any atom is -0.486 e. The van der Waals surface area contributed by atoms with Crippen molar-refractivity contribution in [1.82, 2.24) is 0 Å². The van der Waals surface area contributed by atoms with Crippen LogP contribution in [0.2, 0.25) is 0 Å². The van der Waals surface area contributed by atoms with E-state index in [9.17, 15) is 4.79 Å². The van der Waals surface area contributed by atoms with E-state index in [2.05, 4.69) is 6.08 Å². The summed E-state index contributed by atoms with van der Waals surface area (Å²) in [7, 11) is 0. The van der Waals surface area contributed by atoms with E-state index in [0.29, 0.717) is 0 Å². The van der Waals surface area contributed by atoms with E-state index in [4.69, 9.17) is 4.74 Å². The van der Waals surface area contributed by atoms with E-state index in [1.807, 2.05) is 12.2 Å². The highest BCUT2D eigenvalue weighted by molar-refractivity contribution is 5.76. The molecule has 0 radical (unpaired) electrons. The maximum atomic E-state index is 10.5. The quantitative estimate of drug-likeness (QED) is 0.616. The Kier molecular flexibility index (Phi) is 2.90. The molecule has 0 fully saturated rings. The van der Waals surface area contributed by atoms with Gasteiger partial charge in [-0.25, -0.2) is 0 Å². The van der Waals surface area contributed by atoms with Crippen molar-refractivity contribution in [2.24, 2.45) is 0 Å². The summed E-state index contributed by atoms with van der Waals surface area (Å²) >= 11 is 0. The predicted octanol–water partition coefficient (Wildman–Crippen LogP) is 1.83. The van der Waals surface area contributed by atoms with Crippen LogP contribution >= 0.6 is 0 Å². The van der Waals surface area contributed by atoms with Gasteiger partial charge in [0.15, 0.2) is 5.78 Å². The molecule has 0 heterocycles. The van der Waals surface area contributed by atoms with Crippen LogP contribution in [-0.2, 0) is 9.53 Å². The second-order valence-electron chi connectivity index (χ2n) is 2.58. The number of carbonyl (C=O) groups excluding carboxylic acids is 1. The van der Waals surface area contributed by atoms with Crippen LogP contribution in [0, 0.1) is 0 Å². The zero-order valence-corrected chi connectivity index (χ0v) is 6.67. The molecule has 2 nitrogen and oxygen atoms in total. The third kappa shape index (κ3) is 3.03. The third-order valence-corrected chi connectivity index (χ3v) is 1.40. The Hall–Kier alpha value is -1.05. The van der Waals surface area contributed by atoms with Gasteiger partial charge in [-0.05, 0) is 31.9 Å². The standard InChI is InChI=1S/C9H12O2/c1-8(10)7-11-9-5-3-2-4-6-9/h3,5-6H,2,4,7H2,1H3. The largest absolute Gasteiger partial charge is 0.486 e. The van der Waals surface area contributed by atoms with Crippen molar-refractivity contribution in [2.75, 3.05) is 6.61 Å². The number of hydrogen-bond donors (Lipinski definition) is 0. The van der Waals surface area contributed by atoms with Crippen LogP contribution in [0.3, 0.4) is 0 Å². The van der Waals surface area contributed by atoms with Gasteiger partial charge in [0.1, 0.15) is 12.4 Å².